The smallest absolute Gasteiger partial charge is 0.352 e. The van der Waals surface area contributed by atoms with Gasteiger partial charge in [0.2, 0.25) is 5.91 Å². The van der Waals surface area contributed by atoms with Crippen molar-refractivity contribution in [1.29, 1.82) is 0 Å². The molecule has 0 radical (unpaired) electrons. The number of hydrogen-bond acceptors (Lipinski definition) is 6. The Hall–Kier alpha value is -4.21. The molecule has 158 valence electrons. The summed E-state index contributed by atoms with van der Waals surface area (Å²) in [7, 11) is 1.51. The van der Waals surface area contributed by atoms with Gasteiger partial charge in [0.05, 0.1) is 12.8 Å². The number of ether oxygens (including phenoxy) is 1. The van der Waals surface area contributed by atoms with Crippen molar-refractivity contribution in [3.63, 3.8) is 0 Å². The number of halogens is 1. The van der Waals surface area contributed by atoms with Gasteiger partial charge in [-0.05, 0) is 55.0 Å². The molecule has 0 saturated carbocycles. The molecule has 2 N–H and O–H groups in total. The minimum atomic E-state index is -0.498. The van der Waals surface area contributed by atoms with E-state index in [4.69, 9.17) is 4.74 Å². The van der Waals surface area contributed by atoms with Crippen LogP contribution in [-0.4, -0.2) is 32.2 Å². The van der Waals surface area contributed by atoms with Crippen LogP contribution in [0.2, 0.25) is 0 Å². The molecule has 2 heterocycles. The van der Waals surface area contributed by atoms with Gasteiger partial charge in [-0.2, -0.15) is 4.98 Å². The lowest BCUT2D eigenvalue weighted by atomic mass is 10.2. The summed E-state index contributed by atoms with van der Waals surface area (Å²) in [6, 6.07) is 12.8. The first-order valence-corrected chi connectivity index (χ1v) is 9.36. The van der Waals surface area contributed by atoms with Gasteiger partial charge < -0.3 is 15.4 Å². The van der Waals surface area contributed by atoms with Crippen LogP contribution in [0.5, 0.6) is 5.75 Å². The Morgan fingerprint density at radius 1 is 1.16 bits per heavy atom. The zero-order valence-corrected chi connectivity index (χ0v) is 16.8. The van der Waals surface area contributed by atoms with Crippen LogP contribution in [0.3, 0.4) is 0 Å². The Morgan fingerprint density at radius 2 is 1.94 bits per heavy atom. The fraction of sp³-hybridized carbons (Fsp3) is 0.143. The normalized spacial score (nSPS) is 10.8. The molecular formula is C21H19FN6O3. The molecule has 0 spiro atoms. The Balaban J connectivity index is 1.53. The number of aryl methyl sites for hydroxylation is 1. The van der Waals surface area contributed by atoms with Crippen molar-refractivity contribution in [2.75, 3.05) is 17.7 Å². The van der Waals surface area contributed by atoms with E-state index in [-0.39, 0.29) is 18.1 Å². The number of hydrogen-bond donors (Lipinski definition) is 2. The summed E-state index contributed by atoms with van der Waals surface area (Å²) in [5.74, 6) is 0.280. The first kappa shape index (κ1) is 20.1. The summed E-state index contributed by atoms with van der Waals surface area (Å²) >= 11 is 0. The van der Waals surface area contributed by atoms with Crippen LogP contribution in [0.4, 0.5) is 21.6 Å². The molecule has 0 atom stereocenters. The number of anilines is 3. The maximum absolute atomic E-state index is 13.1. The topological polar surface area (TPSA) is 103 Å². The monoisotopic (exact) mass is 422 g/mol. The lowest BCUT2D eigenvalue weighted by Crippen LogP contribution is -2.28. The number of methoxy groups -OCH3 is 1. The number of rotatable bonds is 6. The standard InChI is InChI=1S/C21H19FN6O3/c1-13-3-8-17(31-2)16(11-13)24-19(29)12-28-21(30)27-10-9-18(25-20(27)26-28)23-15-6-4-14(22)5-7-15/h3-11H,12H2,1-2H3,(H,24,29)(H,23,25,26). The van der Waals surface area contributed by atoms with Crippen LogP contribution in [-0.2, 0) is 11.3 Å². The largest absolute Gasteiger partial charge is 0.495 e. The van der Waals surface area contributed by atoms with Gasteiger partial charge in [0.15, 0.2) is 0 Å². The van der Waals surface area contributed by atoms with Crippen molar-refractivity contribution >= 4 is 28.9 Å². The van der Waals surface area contributed by atoms with Gasteiger partial charge in [-0.25, -0.2) is 18.3 Å². The molecule has 2 aromatic carbocycles. The molecule has 10 heteroatoms. The zero-order chi connectivity index (χ0) is 22.0. The second kappa shape index (κ2) is 8.27. The van der Waals surface area contributed by atoms with Crippen LogP contribution >= 0.6 is 0 Å². The highest BCUT2D eigenvalue weighted by atomic mass is 19.1. The number of benzene rings is 2. The average molecular weight is 422 g/mol. The summed E-state index contributed by atoms with van der Waals surface area (Å²) in [5.41, 5.74) is 1.59. The van der Waals surface area contributed by atoms with E-state index in [1.165, 1.54) is 29.8 Å². The quantitative estimate of drug-likeness (QED) is 0.495. The van der Waals surface area contributed by atoms with Crippen LogP contribution in [0.25, 0.3) is 5.78 Å². The Kier molecular flexibility index (Phi) is 5.35. The van der Waals surface area contributed by atoms with E-state index in [1.807, 2.05) is 13.0 Å². The number of aromatic nitrogens is 4. The molecule has 0 unspecified atom stereocenters. The molecule has 0 saturated heterocycles. The van der Waals surface area contributed by atoms with E-state index in [1.54, 1.807) is 30.3 Å². The molecule has 0 fully saturated rings. The molecule has 1 amide bonds. The molecule has 0 aliphatic rings. The van der Waals surface area contributed by atoms with Gasteiger partial charge in [-0.1, -0.05) is 6.07 Å². The third-order valence-corrected chi connectivity index (χ3v) is 4.49. The van der Waals surface area contributed by atoms with Crippen molar-refractivity contribution < 1.29 is 13.9 Å². The number of amides is 1. The van der Waals surface area contributed by atoms with Crippen LogP contribution in [0.15, 0.2) is 59.5 Å². The first-order valence-electron chi connectivity index (χ1n) is 9.36. The molecular weight excluding hydrogens is 403 g/mol. The summed E-state index contributed by atoms with van der Waals surface area (Å²) in [6.07, 6.45) is 1.50. The lowest BCUT2D eigenvalue weighted by molar-refractivity contribution is -0.117. The second-order valence-electron chi connectivity index (χ2n) is 6.81. The highest BCUT2D eigenvalue weighted by Crippen LogP contribution is 2.25. The third kappa shape index (κ3) is 4.37. The van der Waals surface area contributed by atoms with E-state index in [0.29, 0.717) is 22.9 Å². The van der Waals surface area contributed by atoms with E-state index in [0.717, 1.165) is 10.2 Å². The number of fused-ring (bicyclic) bond motifs is 1. The highest BCUT2D eigenvalue weighted by Gasteiger charge is 2.14. The maximum Gasteiger partial charge on any atom is 0.352 e. The van der Waals surface area contributed by atoms with Crippen LogP contribution in [0, 0.1) is 12.7 Å². The minimum Gasteiger partial charge on any atom is -0.495 e. The highest BCUT2D eigenvalue weighted by molar-refractivity contribution is 5.92. The Morgan fingerprint density at radius 3 is 2.68 bits per heavy atom. The molecule has 0 aliphatic carbocycles. The fourth-order valence-corrected chi connectivity index (χ4v) is 3.00. The second-order valence-corrected chi connectivity index (χ2v) is 6.81. The number of nitrogens with zero attached hydrogens (tertiary/aromatic N) is 4. The number of carbonyl (C=O) groups excluding carboxylic acids is 1. The molecule has 9 nitrogen and oxygen atoms in total. The maximum atomic E-state index is 13.1. The Labute approximate surface area is 176 Å². The molecule has 4 aromatic rings. The van der Waals surface area contributed by atoms with Gasteiger partial charge in [0.25, 0.3) is 5.78 Å². The predicted octanol–water partition coefficient (Wildman–Crippen LogP) is 2.73. The fourth-order valence-electron chi connectivity index (χ4n) is 3.00. The summed E-state index contributed by atoms with van der Waals surface area (Å²) in [5, 5.41) is 9.88. The van der Waals surface area contributed by atoms with Gasteiger partial charge in [0.1, 0.15) is 23.9 Å². The molecule has 0 aliphatic heterocycles. The van der Waals surface area contributed by atoms with Gasteiger partial charge >= 0.3 is 5.69 Å². The van der Waals surface area contributed by atoms with Crippen molar-refractivity contribution in [3.05, 3.63) is 76.6 Å². The lowest BCUT2D eigenvalue weighted by Gasteiger charge is -2.10. The Bertz CT molecular complexity index is 1310. The van der Waals surface area contributed by atoms with Gasteiger partial charge in [-0.15, -0.1) is 5.10 Å². The van der Waals surface area contributed by atoms with E-state index < -0.39 is 11.6 Å². The summed E-state index contributed by atoms with van der Waals surface area (Å²) in [4.78, 5) is 29.3. The molecule has 0 bridgehead atoms. The van der Waals surface area contributed by atoms with Crippen molar-refractivity contribution in [3.8, 4) is 5.75 Å². The molecule has 31 heavy (non-hydrogen) atoms. The van der Waals surface area contributed by atoms with Crippen molar-refractivity contribution in [2.45, 2.75) is 13.5 Å². The van der Waals surface area contributed by atoms with Crippen molar-refractivity contribution in [2.24, 2.45) is 0 Å². The van der Waals surface area contributed by atoms with Crippen LogP contribution in [0.1, 0.15) is 5.56 Å². The first-order chi connectivity index (χ1) is 14.9. The predicted molar refractivity (Wildman–Crippen MR) is 113 cm³/mol. The van der Waals surface area contributed by atoms with Gasteiger partial charge in [-0.3, -0.25) is 4.79 Å². The summed E-state index contributed by atoms with van der Waals surface area (Å²) in [6.45, 7) is 1.60. The van der Waals surface area contributed by atoms with Crippen LogP contribution < -0.4 is 21.1 Å². The third-order valence-electron chi connectivity index (χ3n) is 4.49. The molecule has 2 aromatic heterocycles. The van der Waals surface area contributed by atoms with E-state index in [2.05, 4.69) is 20.7 Å². The molecule has 4 rings (SSSR count). The minimum absolute atomic E-state index is 0.123. The summed E-state index contributed by atoms with van der Waals surface area (Å²) < 4.78 is 20.6. The zero-order valence-electron chi connectivity index (χ0n) is 16.8. The average Bonchev–Trinajstić information content (AvgIpc) is 3.04. The van der Waals surface area contributed by atoms with E-state index >= 15 is 0 Å². The SMILES string of the molecule is COc1ccc(C)cc1NC(=O)Cn1nc2nc(Nc3ccc(F)cc3)ccn2c1=O. The van der Waals surface area contributed by atoms with Crippen molar-refractivity contribution in [1.82, 2.24) is 19.2 Å². The number of nitrogens with one attached hydrogen (secondary N) is 2. The van der Waals surface area contributed by atoms with Gasteiger partial charge in [0, 0.05) is 11.9 Å². The van der Waals surface area contributed by atoms with E-state index in [9.17, 15) is 14.0 Å². The number of carbonyl (C=O) groups is 1.